The summed E-state index contributed by atoms with van der Waals surface area (Å²) in [5, 5.41) is 10.1. The van der Waals surface area contributed by atoms with E-state index in [2.05, 4.69) is 5.32 Å². The van der Waals surface area contributed by atoms with Crippen molar-refractivity contribution in [1.29, 1.82) is 5.41 Å². The van der Waals surface area contributed by atoms with Crippen LogP contribution in [0.2, 0.25) is 0 Å². The molecule has 0 spiro atoms. The largest absolute Gasteiger partial charge is 0.456 e. The Hall–Kier alpha value is -2.08. The molecule has 2 aliphatic rings. The van der Waals surface area contributed by atoms with Crippen LogP contribution in [-0.4, -0.2) is 24.1 Å². The highest BCUT2D eigenvalue weighted by atomic mass is 16.6. The van der Waals surface area contributed by atoms with Crippen LogP contribution in [-0.2, 0) is 16.1 Å². The zero-order chi connectivity index (χ0) is 16.9. The van der Waals surface area contributed by atoms with Gasteiger partial charge in [0.2, 0.25) is 0 Å². The molecule has 4 N–H and O–H groups in total. The molecular weight excluding hydrogens is 306 g/mol. The number of ether oxygens (including phenoxy) is 2. The Morgan fingerprint density at radius 1 is 1.12 bits per heavy atom. The number of guanidine groups is 1. The van der Waals surface area contributed by atoms with Gasteiger partial charge in [-0.2, -0.15) is 0 Å². The Morgan fingerprint density at radius 3 is 2.58 bits per heavy atom. The lowest BCUT2D eigenvalue weighted by Gasteiger charge is -2.30. The molecule has 24 heavy (non-hydrogen) atoms. The van der Waals surface area contributed by atoms with Gasteiger partial charge in [0, 0.05) is 5.69 Å². The van der Waals surface area contributed by atoms with Gasteiger partial charge in [0.05, 0.1) is 18.3 Å². The molecule has 0 saturated heterocycles. The first-order chi connectivity index (χ1) is 11.6. The SMILES string of the molecule is N=C(N)Nc1ccc2c(c1)COC1CCCCCCCC1OC2=O. The Kier molecular flexibility index (Phi) is 5.35. The summed E-state index contributed by atoms with van der Waals surface area (Å²) in [5.74, 6) is -0.419. The molecule has 0 bridgehead atoms. The monoisotopic (exact) mass is 331 g/mol. The number of hydrogen-bond donors (Lipinski definition) is 3. The molecule has 0 aromatic heterocycles. The Labute approximate surface area is 142 Å². The summed E-state index contributed by atoms with van der Waals surface area (Å²) < 4.78 is 11.9. The van der Waals surface area contributed by atoms with Gasteiger partial charge in [-0.15, -0.1) is 0 Å². The van der Waals surface area contributed by atoms with E-state index >= 15 is 0 Å². The number of nitrogens with one attached hydrogen (secondary N) is 2. The first kappa shape index (κ1) is 16.8. The highest BCUT2D eigenvalue weighted by Gasteiger charge is 2.30. The van der Waals surface area contributed by atoms with E-state index in [1.54, 1.807) is 18.2 Å². The van der Waals surface area contributed by atoms with Crippen molar-refractivity contribution in [3.05, 3.63) is 29.3 Å². The summed E-state index contributed by atoms with van der Waals surface area (Å²) in [6.07, 6.45) is 7.44. The van der Waals surface area contributed by atoms with Crippen molar-refractivity contribution in [1.82, 2.24) is 0 Å². The molecule has 0 amide bonds. The third-order valence-corrected chi connectivity index (χ3v) is 4.71. The van der Waals surface area contributed by atoms with Crippen LogP contribution in [0.5, 0.6) is 0 Å². The van der Waals surface area contributed by atoms with Gasteiger partial charge >= 0.3 is 5.97 Å². The molecule has 1 fully saturated rings. The molecule has 2 atom stereocenters. The standard InChI is InChI=1S/C18H25N3O3/c19-18(20)21-13-8-9-14-12(10-13)11-23-15-6-4-2-1-3-5-7-16(15)24-17(14)22/h8-10,15-16H,1-7,11H2,(H4,19,20,21). The van der Waals surface area contributed by atoms with E-state index in [1.165, 1.54) is 19.3 Å². The number of fused-ring (bicyclic) bond motifs is 2. The van der Waals surface area contributed by atoms with Gasteiger partial charge < -0.3 is 20.5 Å². The lowest BCUT2D eigenvalue weighted by atomic mass is 10.0. The number of hydrogen-bond acceptors (Lipinski definition) is 4. The third-order valence-electron chi connectivity index (χ3n) is 4.71. The van der Waals surface area contributed by atoms with Crippen molar-refractivity contribution in [2.75, 3.05) is 5.32 Å². The zero-order valence-corrected chi connectivity index (χ0v) is 13.8. The molecule has 1 heterocycles. The van der Waals surface area contributed by atoms with E-state index < -0.39 is 0 Å². The minimum absolute atomic E-state index is 0.0374. The molecule has 1 saturated carbocycles. The fraction of sp³-hybridized carbons (Fsp3) is 0.556. The maximum absolute atomic E-state index is 12.6. The van der Waals surface area contributed by atoms with Gasteiger partial charge in [-0.1, -0.05) is 25.7 Å². The summed E-state index contributed by atoms with van der Waals surface area (Å²) in [6.45, 7) is 0.374. The Morgan fingerprint density at radius 2 is 1.83 bits per heavy atom. The average molecular weight is 331 g/mol. The molecule has 2 unspecified atom stereocenters. The van der Waals surface area contributed by atoms with Crippen molar-refractivity contribution in [3.8, 4) is 0 Å². The number of benzene rings is 1. The zero-order valence-electron chi connectivity index (χ0n) is 13.8. The third kappa shape index (κ3) is 4.06. The van der Waals surface area contributed by atoms with Gasteiger partial charge in [0.15, 0.2) is 5.96 Å². The Balaban J connectivity index is 1.82. The van der Waals surface area contributed by atoms with E-state index in [4.69, 9.17) is 20.6 Å². The van der Waals surface area contributed by atoms with Crippen LogP contribution in [0.3, 0.4) is 0 Å². The van der Waals surface area contributed by atoms with Gasteiger partial charge in [-0.3, -0.25) is 5.41 Å². The molecule has 1 aliphatic carbocycles. The topological polar surface area (TPSA) is 97.4 Å². The second-order valence-corrected chi connectivity index (χ2v) is 6.55. The van der Waals surface area contributed by atoms with Crippen LogP contribution < -0.4 is 11.1 Å². The fourth-order valence-electron chi connectivity index (χ4n) is 3.46. The summed E-state index contributed by atoms with van der Waals surface area (Å²) in [4.78, 5) is 12.6. The number of nitrogens with two attached hydrogens (primary N) is 1. The molecule has 6 heteroatoms. The van der Waals surface area contributed by atoms with Crippen LogP contribution in [0, 0.1) is 5.41 Å². The predicted molar refractivity (Wildman–Crippen MR) is 92.1 cm³/mol. The maximum atomic E-state index is 12.6. The fourth-order valence-corrected chi connectivity index (χ4v) is 3.46. The van der Waals surface area contributed by atoms with Gasteiger partial charge in [0.25, 0.3) is 0 Å². The lowest BCUT2D eigenvalue weighted by Crippen LogP contribution is -2.35. The number of carbonyl (C=O) groups is 1. The second kappa shape index (κ2) is 7.66. The Bertz CT molecular complexity index is 618. The van der Waals surface area contributed by atoms with Gasteiger partial charge in [0.1, 0.15) is 6.10 Å². The number of rotatable bonds is 1. The summed E-state index contributed by atoms with van der Waals surface area (Å²) in [7, 11) is 0. The van der Waals surface area contributed by atoms with E-state index in [0.717, 1.165) is 31.2 Å². The first-order valence-electron chi connectivity index (χ1n) is 8.70. The van der Waals surface area contributed by atoms with E-state index in [1.807, 2.05) is 0 Å². The van der Waals surface area contributed by atoms with Crippen molar-refractivity contribution in [2.45, 2.75) is 63.8 Å². The summed E-state index contributed by atoms with van der Waals surface area (Å²) >= 11 is 0. The van der Waals surface area contributed by atoms with E-state index in [9.17, 15) is 4.79 Å². The van der Waals surface area contributed by atoms with E-state index in [0.29, 0.717) is 17.9 Å². The van der Waals surface area contributed by atoms with Crippen LogP contribution in [0.1, 0.15) is 60.9 Å². The number of esters is 1. The molecule has 0 radical (unpaired) electrons. The highest BCUT2D eigenvalue weighted by molar-refractivity contribution is 5.94. The van der Waals surface area contributed by atoms with Crippen LogP contribution in [0.25, 0.3) is 0 Å². The van der Waals surface area contributed by atoms with Crippen molar-refractivity contribution in [2.24, 2.45) is 5.73 Å². The van der Waals surface area contributed by atoms with Crippen molar-refractivity contribution >= 4 is 17.6 Å². The summed E-state index contributed by atoms with van der Waals surface area (Å²) in [5.41, 5.74) is 7.34. The van der Waals surface area contributed by atoms with Crippen LogP contribution in [0.15, 0.2) is 18.2 Å². The maximum Gasteiger partial charge on any atom is 0.338 e. The average Bonchev–Trinajstić information content (AvgIpc) is 2.63. The van der Waals surface area contributed by atoms with Crippen LogP contribution in [0.4, 0.5) is 5.69 Å². The normalized spacial score (nSPS) is 24.8. The molecule has 1 aliphatic heterocycles. The first-order valence-corrected chi connectivity index (χ1v) is 8.70. The highest BCUT2D eigenvalue weighted by Crippen LogP contribution is 2.28. The predicted octanol–water partition coefficient (Wildman–Crippen LogP) is 3.16. The van der Waals surface area contributed by atoms with Crippen molar-refractivity contribution < 1.29 is 14.3 Å². The van der Waals surface area contributed by atoms with Crippen LogP contribution >= 0.6 is 0 Å². The number of carbonyl (C=O) groups excluding carboxylic acids is 1. The molecule has 6 nitrogen and oxygen atoms in total. The molecular formula is C18H25N3O3. The van der Waals surface area contributed by atoms with Crippen molar-refractivity contribution in [3.63, 3.8) is 0 Å². The van der Waals surface area contributed by atoms with Gasteiger partial charge in [-0.05, 0) is 43.0 Å². The minimum atomic E-state index is -0.281. The minimum Gasteiger partial charge on any atom is -0.456 e. The summed E-state index contributed by atoms with van der Waals surface area (Å²) in [6, 6.07) is 5.24. The second-order valence-electron chi connectivity index (χ2n) is 6.55. The quantitative estimate of drug-likeness (QED) is 0.417. The smallest absolute Gasteiger partial charge is 0.338 e. The molecule has 1 aromatic rings. The lowest BCUT2D eigenvalue weighted by molar-refractivity contribution is -0.0708. The van der Waals surface area contributed by atoms with Gasteiger partial charge in [-0.25, -0.2) is 4.79 Å². The number of anilines is 1. The van der Waals surface area contributed by atoms with E-state index in [-0.39, 0.29) is 24.1 Å². The molecule has 1 aromatic carbocycles. The molecule has 3 rings (SSSR count). The molecule has 130 valence electrons.